The molecule has 0 unspecified atom stereocenters. The van der Waals surface area contributed by atoms with Gasteiger partial charge in [-0.1, -0.05) is 0 Å². The van der Waals surface area contributed by atoms with Crippen molar-refractivity contribution < 1.29 is 28.5 Å². The minimum atomic E-state index is -0.536. The van der Waals surface area contributed by atoms with Crippen LogP contribution in [-0.4, -0.2) is 74.9 Å². The van der Waals surface area contributed by atoms with Crippen LogP contribution in [0.2, 0.25) is 0 Å². The summed E-state index contributed by atoms with van der Waals surface area (Å²) in [6.07, 6.45) is 2.83. The number of nitrogens with zero attached hydrogens (tertiary/aromatic N) is 2. The van der Waals surface area contributed by atoms with E-state index in [0.29, 0.717) is 49.0 Å². The summed E-state index contributed by atoms with van der Waals surface area (Å²) in [5.41, 5.74) is 0.163. The number of methoxy groups -OCH3 is 3. The van der Waals surface area contributed by atoms with Gasteiger partial charge in [0.1, 0.15) is 11.4 Å². The fourth-order valence-electron chi connectivity index (χ4n) is 2.89. The fourth-order valence-corrected chi connectivity index (χ4v) is 2.89. The summed E-state index contributed by atoms with van der Waals surface area (Å²) in [7, 11) is 4.65. The predicted molar refractivity (Wildman–Crippen MR) is 110 cm³/mol. The van der Waals surface area contributed by atoms with E-state index >= 15 is 0 Å². The lowest BCUT2D eigenvalue weighted by Gasteiger charge is -2.35. The molecule has 29 heavy (non-hydrogen) atoms. The maximum absolute atomic E-state index is 12.6. The van der Waals surface area contributed by atoms with Gasteiger partial charge in [-0.25, -0.2) is 4.79 Å². The van der Waals surface area contributed by atoms with Gasteiger partial charge in [0, 0.05) is 43.9 Å². The molecule has 1 heterocycles. The molecule has 8 heteroatoms. The van der Waals surface area contributed by atoms with Crippen LogP contribution in [0.4, 0.5) is 4.79 Å². The maximum Gasteiger partial charge on any atom is 0.410 e. The summed E-state index contributed by atoms with van der Waals surface area (Å²) in [4.78, 5) is 28.0. The number of piperazine rings is 1. The molecule has 2 rings (SSSR count). The second-order valence-electron chi connectivity index (χ2n) is 7.58. The lowest BCUT2D eigenvalue weighted by Crippen LogP contribution is -2.51. The predicted octanol–water partition coefficient (Wildman–Crippen LogP) is 2.80. The first-order valence-electron chi connectivity index (χ1n) is 9.43. The van der Waals surface area contributed by atoms with Crippen molar-refractivity contribution in [3.8, 4) is 17.2 Å². The highest BCUT2D eigenvalue weighted by molar-refractivity contribution is 5.92. The van der Waals surface area contributed by atoms with E-state index in [2.05, 4.69) is 0 Å². The van der Waals surface area contributed by atoms with Crippen molar-refractivity contribution >= 4 is 18.1 Å². The molecule has 160 valence electrons. The average Bonchev–Trinajstić information content (AvgIpc) is 2.70. The normalized spacial score (nSPS) is 14.7. The largest absolute Gasteiger partial charge is 0.496 e. The van der Waals surface area contributed by atoms with Gasteiger partial charge in [0.15, 0.2) is 11.5 Å². The summed E-state index contributed by atoms with van der Waals surface area (Å²) < 4.78 is 21.3. The van der Waals surface area contributed by atoms with Crippen molar-refractivity contribution in [2.75, 3.05) is 47.5 Å². The van der Waals surface area contributed by atoms with Crippen LogP contribution in [0.3, 0.4) is 0 Å². The van der Waals surface area contributed by atoms with Crippen molar-refractivity contribution in [2.24, 2.45) is 0 Å². The highest BCUT2D eigenvalue weighted by Crippen LogP contribution is 2.35. The molecule has 2 amide bonds. The Morgan fingerprint density at radius 3 is 1.90 bits per heavy atom. The van der Waals surface area contributed by atoms with Gasteiger partial charge in [-0.3, -0.25) is 4.79 Å². The highest BCUT2D eigenvalue weighted by atomic mass is 16.6. The van der Waals surface area contributed by atoms with Gasteiger partial charge in [-0.2, -0.15) is 0 Å². The monoisotopic (exact) mass is 406 g/mol. The molecule has 0 aliphatic carbocycles. The summed E-state index contributed by atoms with van der Waals surface area (Å²) in [5.74, 6) is 1.53. The Hall–Kier alpha value is -2.90. The van der Waals surface area contributed by atoms with E-state index in [1.54, 1.807) is 49.3 Å². The first-order chi connectivity index (χ1) is 13.7. The molecule has 8 nitrogen and oxygen atoms in total. The Bertz CT molecular complexity index is 761. The SMILES string of the molecule is COc1cc(OC)c(OC)cc1/C=C/C(=O)N1CCN(C(=O)OC(C)(C)C)CC1. The number of carbonyl (C=O) groups excluding carboxylic acids is 2. The second kappa shape index (κ2) is 9.54. The summed E-state index contributed by atoms with van der Waals surface area (Å²) in [6.45, 7) is 7.27. The van der Waals surface area contributed by atoms with Crippen LogP contribution in [0.1, 0.15) is 26.3 Å². The minimum Gasteiger partial charge on any atom is -0.496 e. The van der Waals surface area contributed by atoms with Crippen molar-refractivity contribution in [2.45, 2.75) is 26.4 Å². The lowest BCUT2D eigenvalue weighted by atomic mass is 10.1. The van der Waals surface area contributed by atoms with Crippen LogP contribution in [0, 0.1) is 0 Å². The molecule has 1 saturated heterocycles. The van der Waals surface area contributed by atoms with Gasteiger partial charge < -0.3 is 28.7 Å². The molecule has 1 aliphatic heterocycles. The summed E-state index contributed by atoms with van der Waals surface area (Å²) in [5, 5.41) is 0. The molecule has 0 bridgehead atoms. The molecular formula is C21H30N2O6. The Balaban J connectivity index is 2.01. The van der Waals surface area contributed by atoms with Crippen molar-refractivity contribution in [1.82, 2.24) is 9.80 Å². The molecule has 1 aromatic carbocycles. The first-order valence-corrected chi connectivity index (χ1v) is 9.43. The Labute approximate surface area is 172 Å². The van der Waals surface area contributed by atoms with Crippen LogP contribution >= 0.6 is 0 Å². The van der Waals surface area contributed by atoms with Gasteiger partial charge in [0.2, 0.25) is 5.91 Å². The molecule has 0 atom stereocenters. The first kappa shape index (κ1) is 22.4. The van der Waals surface area contributed by atoms with Crippen molar-refractivity contribution in [3.63, 3.8) is 0 Å². The topological polar surface area (TPSA) is 77.5 Å². The van der Waals surface area contributed by atoms with Crippen molar-refractivity contribution in [3.05, 3.63) is 23.8 Å². The fraction of sp³-hybridized carbons (Fsp3) is 0.524. The number of hydrogen-bond donors (Lipinski definition) is 0. The number of ether oxygens (including phenoxy) is 4. The number of amides is 2. The van der Waals surface area contributed by atoms with Gasteiger partial charge in [0.25, 0.3) is 0 Å². The Morgan fingerprint density at radius 1 is 0.862 bits per heavy atom. The van der Waals surface area contributed by atoms with Gasteiger partial charge in [-0.05, 0) is 32.9 Å². The quantitative estimate of drug-likeness (QED) is 0.700. The smallest absolute Gasteiger partial charge is 0.410 e. The Morgan fingerprint density at radius 2 is 1.38 bits per heavy atom. The van der Waals surface area contributed by atoms with E-state index in [9.17, 15) is 9.59 Å². The molecule has 1 aliphatic rings. The van der Waals surface area contributed by atoms with E-state index in [4.69, 9.17) is 18.9 Å². The van der Waals surface area contributed by atoms with Crippen molar-refractivity contribution in [1.29, 1.82) is 0 Å². The number of hydrogen-bond acceptors (Lipinski definition) is 6. The zero-order valence-electron chi connectivity index (χ0n) is 18.0. The molecule has 0 N–H and O–H groups in total. The van der Waals surface area contributed by atoms with Gasteiger partial charge in [-0.15, -0.1) is 0 Å². The number of carbonyl (C=O) groups is 2. The average molecular weight is 406 g/mol. The summed E-state index contributed by atoms with van der Waals surface area (Å²) >= 11 is 0. The third-order valence-corrected chi connectivity index (χ3v) is 4.38. The molecule has 0 aromatic heterocycles. The zero-order chi connectivity index (χ0) is 21.6. The van der Waals surface area contributed by atoms with E-state index in [0.717, 1.165) is 0 Å². The van der Waals surface area contributed by atoms with Crippen LogP contribution in [-0.2, 0) is 9.53 Å². The van der Waals surface area contributed by atoms with E-state index in [1.807, 2.05) is 20.8 Å². The highest BCUT2D eigenvalue weighted by Gasteiger charge is 2.27. The zero-order valence-corrected chi connectivity index (χ0v) is 18.0. The summed E-state index contributed by atoms with van der Waals surface area (Å²) in [6, 6.07) is 3.46. The molecule has 1 fully saturated rings. The second-order valence-corrected chi connectivity index (χ2v) is 7.58. The third-order valence-electron chi connectivity index (χ3n) is 4.38. The molecule has 0 radical (unpaired) electrons. The van der Waals surface area contributed by atoms with E-state index in [1.165, 1.54) is 6.08 Å². The third kappa shape index (κ3) is 6.04. The van der Waals surface area contributed by atoms with Gasteiger partial charge >= 0.3 is 6.09 Å². The minimum absolute atomic E-state index is 0.134. The number of benzene rings is 1. The van der Waals surface area contributed by atoms with Gasteiger partial charge in [0.05, 0.1) is 21.3 Å². The van der Waals surface area contributed by atoms with Crippen LogP contribution in [0.25, 0.3) is 6.08 Å². The maximum atomic E-state index is 12.6. The number of rotatable bonds is 5. The molecule has 0 spiro atoms. The lowest BCUT2D eigenvalue weighted by molar-refractivity contribution is -0.127. The van der Waals surface area contributed by atoms with Crippen LogP contribution < -0.4 is 14.2 Å². The Kier molecular flexibility index (Phi) is 7.36. The van der Waals surface area contributed by atoms with E-state index < -0.39 is 5.60 Å². The molecule has 0 saturated carbocycles. The van der Waals surface area contributed by atoms with Crippen LogP contribution in [0.5, 0.6) is 17.2 Å². The molecule has 1 aromatic rings. The van der Waals surface area contributed by atoms with E-state index in [-0.39, 0.29) is 12.0 Å². The van der Waals surface area contributed by atoms with Crippen LogP contribution in [0.15, 0.2) is 18.2 Å². The standard InChI is InChI=1S/C21H30N2O6/c1-21(2,3)29-20(25)23-11-9-22(10-12-23)19(24)8-7-15-13-17(27-5)18(28-6)14-16(15)26-4/h7-8,13-14H,9-12H2,1-6H3/b8-7+. The molecular weight excluding hydrogens is 376 g/mol.